The predicted octanol–water partition coefficient (Wildman–Crippen LogP) is -0.722. The lowest BCUT2D eigenvalue weighted by molar-refractivity contribution is 0.0889. The molecule has 0 fully saturated rings. The molecule has 7 nitrogen and oxygen atoms in total. The monoisotopic (exact) mass is 213 g/mol. The van der Waals surface area contributed by atoms with Crippen LogP contribution in [-0.4, -0.2) is 38.3 Å². The largest absolute Gasteiger partial charge is 0.396 e. The molecule has 7 heteroatoms. The van der Waals surface area contributed by atoms with E-state index < -0.39 is 11.4 Å². The first-order valence-electron chi connectivity index (χ1n) is 4.56. The molecule has 15 heavy (non-hydrogen) atoms. The first-order chi connectivity index (χ1) is 6.94. The number of anilines is 1. The number of H-pyrrole nitrogens is 1. The third kappa shape index (κ3) is 3.21. The van der Waals surface area contributed by atoms with Crippen molar-refractivity contribution < 1.29 is 9.90 Å². The van der Waals surface area contributed by atoms with Gasteiger partial charge in [0.25, 0.3) is 5.91 Å². The van der Waals surface area contributed by atoms with Gasteiger partial charge in [0.15, 0.2) is 0 Å². The number of hydrogen-bond acceptors (Lipinski definition) is 5. The van der Waals surface area contributed by atoms with E-state index in [1.54, 1.807) is 13.8 Å². The van der Waals surface area contributed by atoms with Crippen molar-refractivity contribution in [3.05, 3.63) is 5.82 Å². The molecule has 0 radical (unpaired) electrons. The Hall–Kier alpha value is -1.63. The second kappa shape index (κ2) is 4.26. The number of aliphatic hydroxyl groups is 1. The molecule has 0 spiro atoms. The quantitative estimate of drug-likeness (QED) is 0.526. The lowest BCUT2D eigenvalue weighted by Crippen LogP contribution is -2.44. The normalized spacial score (nSPS) is 11.4. The maximum Gasteiger partial charge on any atom is 0.289 e. The molecular formula is C8H15N5O2. The summed E-state index contributed by atoms with van der Waals surface area (Å²) in [4.78, 5) is 15.3. The van der Waals surface area contributed by atoms with Crippen LogP contribution in [0.5, 0.6) is 0 Å². The summed E-state index contributed by atoms with van der Waals surface area (Å²) in [6.07, 6.45) is 0.461. The van der Waals surface area contributed by atoms with Gasteiger partial charge in [-0.25, -0.2) is 0 Å². The van der Waals surface area contributed by atoms with E-state index in [-0.39, 0.29) is 18.4 Å². The maximum atomic E-state index is 11.6. The predicted molar refractivity (Wildman–Crippen MR) is 54.0 cm³/mol. The van der Waals surface area contributed by atoms with Crippen LogP contribution in [0, 0.1) is 0 Å². The Labute approximate surface area is 87.1 Å². The van der Waals surface area contributed by atoms with Crippen LogP contribution in [-0.2, 0) is 0 Å². The van der Waals surface area contributed by atoms with Crippen molar-refractivity contribution in [2.75, 3.05) is 12.3 Å². The number of nitrogens with zero attached hydrogens (tertiary/aromatic N) is 2. The van der Waals surface area contributed by atoms with Crippen LogP contribution < -0.4 is 11.1 Å². The number of aliphatic hydroxyl groups excluding tert-OH is 1. The number of nitrogens with two attached hydrogens (primary N) is 1. The first kappa shape index (κ1) is 11.4. The van der Waals surface area contributed by atoms with Gasteiger partial charge in [0.1, 0.15) is 0 Å². The molecule has 0 atom stereocenters. The zero-order valence-electron chi connectivity index (χ0n) is 8.74. The molecule has 0 aliphatic carbocycles. The molecule has 0 aromatic carbocycles. The highest BCUT2D eigenvalue weighted by atomic mass is 16.3. The summed E-state index contributed by atoms with van der Waals surface area (Å²) >= 11 is 0. The molecule has 0 bridgehead atoms. The number of nitrogen functional groups attached to an aromatic ring is 1. The summed E-state index contributed by atoms with van der Waals surface area (Å²) < 4.78 is 0. The van der Waals surface area contributed by atoms with Gasteiger partial charge in [-0.05, 0) is 20.3 Å². The lowest BCUT2D eigenvalue weighted by Gasteiger charge is -2.24. The van der Waals surface area contributed by atoms with E-state index in [0.29, 0.717) is 6.42 Å². The Bertz CT molecular complexity index is 347. The van der Waals surface area contributed by atoms with Crippen molar-refractivity contribution in [3.63, 3.8) is 0 Å². The number of rotatable bonds is 4. The van der Waals surface area contributed by atoms with E-state index in [1.165, 1.54) is 0 Å². The number of aromatic amines is 1. The van der Waals surface area contributed by atoms with Crippen LogP contribution in [0.25, 0.3) is 0 Å². The topological polar surface area (TPSA) is 117 Å². The van der Waals surface area contributed by atoms with Crippen LogP contribution in [0.1, 0.15) is 30.9 Å². The summed E-state index contributed by atoms with van der Waals surface area (Å²) in [5.41, 5.74) is 4.77. The van der Waals surface area contributed by atoms with E-state index in [2.05, 4.69) is 20.5 Å². The summed E-state index contributed by atoms with van der Waals surface area (Å²) in [7, 11) is 0. The Morgan fingerprint density at radius 3 is 2.80 bits per heavy atom. The number of carbonyl (C=O) groups is 1. The van der Waals surface area contributed by atoms with Crippen molar-refractivity contribution >= 4 is 11.9 Å². The third-order valence-corrected chi connectivity index (χ3v) is 1.91. The van der Waals surface area contributed by atoms with Crippen LogP contribution in [0.4, 0.5) is 5.95 Å². The van der Waals surface area contributed by atoms with Crippen molar-refractivity contribution in [1.82, 2.24) is 20.5 Å². The molecule has 0 aliphatic rings. The van der Waals surface area contributed by atoms with Crippen LogP contribution in [0.15, 0.2) is 0 Å². The zero-order chi connectivity index (χ0) is 11.5. The van der Waals surface area contributed by atoms with E-state index in [9.17, 15) is 4.79 Å². The van der Waals surface area contributed by atoms with Gasteiger partial charge in [-0.1, -0.05) is 0 Å². The smallest absolute Gasteiger partial charge is 0.289 e. The van der Waals surface area contributed by atoms with Crippen LogP contribution in [0.2, 0.25) is 0 Å². The number of nitrogens with one attached hydrogen (secondary N) is 2. The molecule has 0 aliphatic heterocycles. The van der Waals surface area contributed by atoms with Gasteiger partial charge in [-0.2, -0.15) is 4.98 Å². The molecule has 0 saturated carbocycles. The standard InChI is InChI=1S/C8H15N5O2/c1-8(2,3-4-14)11-6(15)5-10-7(9)13-12-5/h14H,3-4H2,1-2H3,(H,11,15)(H3,9,10,12,13). The summed E-state index contributed by atoms with van der Waals surface area (Å²) in [5.74, 6) is -0.295. The van der Waals surface area contributed by atoms with Crippen LogP contribution >= 0.6 is 0 Å². The molecule has 5 N–H and O–H groups in total. The molecule has 1 rings (SSSR count). The minimum atomic E-state index is -0.493. The van der Waals surface area contributed by atoms with Gasteiger partial charge in [-0.3, -0.25) is 9.89 Å². The molecule has 1 amide bonds. The Morgan fingerprint density at radius 2 is 2.33 bits per heavy atom. The Balaban J connectivity index is 2.63. The Morgan fingerprint density at radius 1 is 1.67 bits per heavy atom. The number of carbonyl (C=O) groups excluding carboxylic acids is 1. The average Bonchev–Trinajstić information content (AvgIpc) is 2.50. The highest BCUT2D eigenvalue weighted by Gasteiger charge is 2.22. The summed E-state index contributed by atoms with van der Waals surface area (Å²) in [6, 6.07) is 0. The average molecular weight is 213 g/mol. The van der Waals surface area contributed by atoms with Crippen LogP contribution in [0.3, 0.4) is 0 Å². The minimum Gasteiger partial charge on any atom is -0.396 e. The summed E-state index contributed by atoms with van der Waals surface area (Å²) in [5, 5.41) is 17.4. The zero-order valence-corrected chi connectivity index (χ0v) is 8.74. The fraction of sp³-hybridized carbons (Fsp3) is 0.625. The number of aromatic nitrogens is 3. The summed E-state index contributed by atoms with van der Waals surface area (Å²) in [6.45, 7) is 3.62. The molecule has 1 aromatic rings. The molecule has 84 valence electrons. The first-order valence-corrected chi connectivity index (χ1v) is 4.56. The SMILES string of the molecule is CC(C)(CCO)NC(=O)c1nc(N)n[nH]1. The third-order valence-electron chi connectivity index (χ3n) is 1.91. The van der Waals surface area contributed by atoms with E-state index in [0.717, 1.165) is 0 Å². The highest BCUT2D eigenvalue weighted by Crippen LogP contribution is 2.08. The van der Waals surface area contributed by atoms with Crippen molar-refractivity contribution in [2.24, 2.45) is 0 Å². The lowest BCUT2D eigenvalue weighted by atomic mass is 10.0. The van der Waals surface area contributed by atoms with Gasteiger partial charge < -0.3 is 16.2 Å². The van der Waals surface area contributed by atoms with E-state index >= 15 is 0 Å². The molecule has 1 heterocycles. The van der Waals surface area contributed by atoms with E-state index in [1.807, 2.05) is 0 Å². The van der Waals surface area contributed by atoms with Gasteiger partial charge in [0.2, 0.25) is 11.8 Å². The maximum absolute atomic E-state index is 11.6. The number of hydrogen-bond donors (Lipinski definition) is 4. The van der Waals surface area contributed by atoms with Gasteiger partial charge in [0.05, 0.1) is 0 Å². The second-order valence-electron chi connectivity index (χ2n) is 3.85. The van der Waals surface area contributed by atoms with Gasteiger partial charge >= 0.3 is 0 Å². The molecule has 0 saturated heterocycles. The fourth-order valence-electron chi connectivity index (χ4n) is 1.08. The fourth-order valence-corrected chi connectivity index (χ4v) is 1.08. The highest BCUT2D eigenvalue weighted by molar-refractivity contribution is 5.91. The van der Waals surface area contributed by atoms with Gasteiger partial charge in [-0.15, -0.1) is 5.10 Å². The molecule has 1 aromatic heterocycles. The van der Waals surface area contributed by atoms with Crippen molar-refractivity contribution in [1.29, 1.82) is 0 Å². The van der Waals surface area contributed by atoms with Crippen molar-refractivity contribution in [2.45, 2.75) is 25.8 Å². The minimum absolute atomic E-state index is 0.00578. The Kier molecular flexibility index (Phi) is 3.25. The number of amides is 1. The van der Waals surface area contributed by atoms with Crippen molar-refractivity contribution in [3.8, 4) is 0 Å². The molecule has 0 unspecified atom stereocenters. The molecular weight excluding hydrogens is 198 g/mol. The van der Waals surface area contributed by atoms with E-state index in [4.69, 9.17) is 10.8 Å². The van der Waals surface area contributed by atoms with Gasteiger partial charge in [0, 0.05) is 12.1 Å². The second-order valence-corrected chi connectivity index (χ2v) is 3.85.